The Hall–Kier alpha value is -3.45. The molecule has 1 atom stereocenters. The molecule has 0 amide bonds. The zero-order valence-corrected chi connectivity index (χ0v) is 14.5. The van der Waals surface area contributed by atoms with Gasteiger partial charge in [0.15, 0.2) is 0 Å². The lowest BCUT2D eigenvalue weighted by Gasteiger charge is -2.16. The number of nitrogens with one attached hydrogen (secondary N) is 1. The van der Waals surface area contributed by atoms with Gasteiger partial charge in [0.25, 0.3) is 0 Å². The smallest absolute Gasteiger partial charge is 0.146 e. The summed E-state index contributed by atoms with van der Waals surface area (Å²) in [4.78, 5) is 9.19. The van der Waals surface area contributed by atoms with Gasteiger partial charge in [0.2, 0.25) is 0 Å². The number of nitriles is 1. The number of hydrogen-bond acceptors (Lipinski definition) is 4. The number of anilines is 1. The molecule has 0 bridgehead atoms. The average Bonchev–Trinajstić information content (AvgIpc) is 2.67. The molecule has 0 aliphatic carbocycles. The zero-order valence-electron chi connectivity index (χ0n) is 14.5. The highest BCUT2D eigenvalue weighted by molar-refractivity contribution is 5.96. The fraction of sp³-hybridized carbons (Fsp3) is 0.136. The lowest BCUT2D eigenvalue weighted by molar-refractivity contribution is 0.784. The highest BCUT2D eigenvalue weighted by Gasteiger charge is 2.14. The largest absolute Gasteiger partial charge is 0.366 e. The van der Waals surface area contributed by atoms with Crippen LogP contribution in [0.3, 0.4) is 0 Å². The molecule has 0 radical (unpaired) electrons. The molecule has 0 spiro atoms. The summed E-state index contributed by atoms with van der Waals surface area (Å²) in [6, 6.07) is 22.7. The normalized spacial score (nSPS) is 12.0. The Labute approximate surface area is 152 Å². The minimum atomic E-state index is 0.148. The van der Waals surface area contributed by atoms with Crippen molar-refractivity contribution < 1.29 is 0 Å². The summed E-state index contributed by atoms with van der Waals surface area (Å²) in [5.41, 5.74) is 3.31. The first-order valence-electron chi connectivity index (χ1n) is 8.63. The van der Waals surface area contributed by atoms with E-state index < -0.39 is 0 Å². The Morgan fingerprint density at radius 3 is 2.62 bits per heavy atom. The van der Waals surface area contributed by atoms with E-state index in [0.717, 1.165) is 22.7 Å². The lowest BCUT2D eigenvalue weighted by atomic mass is 10.1. The summed E-state index contributed by atoms with van der Waals surface area (Å²) in [7, 11) is 0. The molecule has 126 valence electrons. The van der Waals surface area contributed by atoms with E-state index in [4.69, 9.17) is 4.98 Å². The standard InChI is InChI=1S/C22H18N4/c1-15(11-16-7-3-2-4-8-16)25-22-19(13-23)21-18(14-24-22)12-17-9-5-6-10-20(17)26-21/h2-10,12,14-15H,11H2,1H3,(H,24,25). The number of nitrogens with zero attached hydrogens (tertiary/aromatic N) is 3. The summed E-state index contributed by atoms with van der Waals surface area (Å²) in [6.07, 6.45) is 2.64. The van der Waals surface area contributed by atoms with Crippen LogP contribution in [0.5, 0.6) is 0 Å². The van der Waals surface area contributed by atoms with E-state index in [0.29, 0.717) is 16.9 Å². The second kappa shape index (κ2) is 6.81. The number of aromatic nitrogens is 2. The van der Waals surface area contributed by atoms with Crippen molar-refractivity contribution in [2.24, 2.45) is 0 Å². The molecule has 0 saturated carbocycles. The van der Waals surface area contributed by atoms with Crippen LogP contribution in [-0.4, -0.2) is 16.0 Å². The fourth-order valence-electron chi connectivity index (χ4n) is 3.21. The molecule has 4 rings (SSSR count). The van der Waals surface area contributed by atoms with Gasteiger partial charge in [-0.05, 0) is 31.0 Å². The van der Waals surface area contributed by atoms with Crippen LogP contribution in [-0.2, 0) is 6.42 Å². The summed E-state index contributed by atoms with van der Waals surface area (Å²) in [6.45, 7) is 2.09. The molecule has 4 nitrogen and oxygen atoms in total. The first-order valence-corrected chi connectivity index (χ1v) is 8.63. The van der Waals surface area contributed by atoms with E-state index in [1.807, 2.05) is 48.5 Å². The molecule has 4 aromatic rings. The number of fused-ring (bicyclic) bond motifs is 2. The predicted octanol–water partition coefficient (Wildman–Crippen LogP) is 4.70. The van der Waals surface area contributed by atoms with Gasteiger partial charge in [0, 0.05) is 23.0 Å². The Balaban J connectivity index is 1.71. The fourth-order valence-corrected chi connectivity index (χ4v) is 3.21. The van der Waals surface area contributed by atoms with Crippen LogP contribution >= 0.6 is 0 Å². The second-order valence-electron chi connectivity index (χ2n) is 6.45. The van der Waals surface area contributed by atoms with Crippen LogP contribution in [0.25, 0.3) is 21.8 Å². The third-order valence-electron chi connectivity index (χ3n) is 4.44. The molecule has 4 heteroatoms. The SMILES string of the molecule is CC(Cc1ccccc1)Nc1ncc2cc3ccccc3nc2c1C#N. The van der Waals surface area contributed by atoms with Gasteiger partial charge >= 0.3 is 0 Å². The number of para-hydroxylation sites is 1. The van der Waals surface area contributed by atoms with E-state index >= 15 is 0 Å². The van der Waals surface area contributed by atoms with Gasteiger partial charge < -0.3 is 5.32 Å². The van der Waals surface area contributed by atoms with Gasteiger partial charge in [-0.1, -0.05) is 48.5 Å². The third-order valence-corrected chi connectivity index (χ3v) is 4.44. The van der Waals surface area contributed by atoms with Gasteiger partial charge in [-0.15, -0.1) is 0 Å². The second-order valence-corrected chi connectivity index (χ2v) is 6.45. The van der Waals surface area contributed by atoms with E-state index in [1.54, 1.807) is 6.20 Å². The number of rotatable bonds is 4. The van der Waals surface area contributed by atoms with Crippen LogP contribution in [0.2, 0.25) is 0 Å². The van der Waals surface area contributed by atoms with Crippen molar-refractivity contribution in [1.82, 2.24) is 9.97 Å². The van der Waals surface area contributed by atoms with E-state index in [1.165, 1.54) is 5.56 Å². The third kappa shape index (κ3) is 3.07. The first kappa shape index (κ1) is 16.0. The molecule has 1 unspecified atom stereocenters. The monoisotopic (exact) mass is 338 g/mol. The van der Waals surface area contributed by atoms with Crippen molar-refractivity contribution in [3.05, 3.63) is 78.0 Å². The van der Waals surface area contributed by atoms with Crippen molar-refractivity contribution in [3.8, 4) is 6.07 Å². The van der Waals surface area contributed by atoms with Crippen LogP contribution < -0.4 is 5.32 Å². The quantitative estimate of drug-likeness (QED) is 0.548. The van der Waals surface area contributed by atoms with Crippen molar-refractivity contribution >= 4 is 27.6 Å². The van der Waals surface area contributed by atoms with Crippen molar-refractivity contribution in [2.45, 2.75) is 19.4 Å². The average molecular weight is 338 g/mol. The van der Waals surface area contributed by atoms with Gasteiger partial charge in [-0.2, -0.15) is 5.26 Å². The molecule has 26 heavy (non-hydrogen) atoms. The number of pyridine rings is 2. The van der Waals surface area contributed by atoms with Crippen molar-refractivity contribution in [1.29, 1.82) is 5.26 Å². The Bertz CT molecular complexity index is 1110. The van der Waals surface area contributed by atoms with Crippen molar-refractivity contribution in [3.63, 3.8) is 0 Å². The minimum Gasteiger partial charge on any atom is -0.366 e. The van der Waals surface area contributed by atoms with Gasteiger partial charge in [0.05, 0.1) is 11.0 Å². The summed E-state index contributed by atoms with van der Waals surface area (Å²) >= 11 is 0. The summed E-state index contributed by atoms with van der Waals surface area (Å²) in [5.74, 6) is 0.589. The zero-order chi connectivity index (χ0) is 17.9. The van der Waals surface area contributed by atoms with E-state index in [9.17, 15) is 5.26 Å². The maximum atomic E-state index is 9.72. The predicted molar refractivity (Wildman–Crippen MR) is 105 cm³/mol. The molecule has 2 aromatic carbocycles. The molecule has 2 heterocycles. The van der Waals surface area contributed by atoms with Crippen molar-refractivity contribution in [2.75, 3.05) is 5.32 Å². The molecule has 0 fully saturated rings. The van der Waals surface area contributed by atoms with E-state index in [2.05, 4.69) is 35.4 Å². The Morgan fingerprint density at radius 2 is 1.81 bits per heavy atom. The maximum Gasteiger partial charge on any atom is 0.146 e. The maximum absolute atomic E-state index is 9.72. The molecule has 0 aliphatic heterocycles. The summed E-state index contributed by atoms with van der Waals surface area (Å²) in [5, 5.41) is 15.0. The van der Waals surface area contributed by atoms with E-state index in [-0.39, 0.29) is 6.04 Å². The Kier molecular flexibility index (Phi) is 4.20. The highest BCUT2D eigenvalue weighted by atomic mass is 15.0. The molecular formula is C22H18N4. The molecule has 0 aliphatic rings. The van der Waals surface area contributed by atoms with Gasteiger partial charge in [-0.3, -0.25) is 0 Å². The van der Waals surface area contributed by atoms with Crippen LogP contribution in [0.15, 0.2) is 66.9 Å². The van der Waals surface area contributed by atoms with Crippen LogP contribution in [0.1, 0.15) is 18.1 Å². The number of benzene rings is 2. The topological polar surface area (TPSA) is 61.6 Å². The Morgan fingerprint density at radius 1 is 1.04 bits per heavy atom. The summed E-state index contributed by atoms with van der Waals surface area (Å²) < 4.78 is 0. The van der Waals surface area contributed by atoms with Crippen LogP contribution in [0, 0.1) is 11.3 Å². The van der Waals surface area contributed by atoms with Gasteiger partial charge in [0.1, 0.15) is 17.5 Å². The lowest BCUT2D eigenvalue weighted by Crippen LogP contribution is -2.19. The van der Waals surface area contributed by atoms with Crippen LogP contribution in [0.4, 0.5) is 5.82 Å². The molecule has 0 saturated heterocycles. The highest BCUT2D eigenvalue weighted by Crippen LogP contribution is 2.26. The number of hydrogen-bond donors (Lipinski definition) is 1. The van der Waals surface area contributed by atoms with Gasteiger partial charge in [-0.25, -0.2) is 9.97 Å². The first-order chi connectivity index (χ1) is 12.7. The molecule has 2 aromatic heterocycles. The molecule has 1 N–H and O–H groups in total. The molecular weight excluding hydrogens is 320 g/mol. The minimum absolute atomic E-state index is 0.148.